The number of rotatable bonds is 1. The molecule has 0 fully saturated rings. The van der Waals surface area contributed by atoms with Gasteiger partial charge in [0.1, 0.15) is 5.02 Å². The van der Waals surface area contributed by atoms with E-state index in [1.165, 1.54) is 0 Å². The number of hydrogen-bond donors (Lipinski definition) is 1. The Morgan fingerprint density at radius 3 is 2.50 bits per heavy atom. The van der Waals surface area contributed by atoms with E-state index in [-0.39, 0.29) is 5.56 Å². The number of aromatic nitrogens is 1. The Bertz CT molecular complexity index is 354. The highest BCUT2D eigenvalue weighted by atomic mass is 35.5. The second kappa shape index (κ2) is 3.31. The smallest absolute Gasteiger partial charge is 0.267 e. The first kappa shape index (κ1) is 9.33. The van der Waals surface area contributed by atoms with E-state index in [0.717, 1.165) is 23.2 Å². The number of halogens is 1. The normalized spacial score (nSPS) is 10.3. The van der Waals surface area contributed by atoms with Gasteiger partial charge < -0.3 is 4.98 Å². The Morgan fingerprint density at radius 1 is 1.42 bits per heavy atom. The summed E-state index contributed by atoms with van der Waals surface area (Å²) in [5.74, 6) is 0. The largest absolute Gasteiger partial charge is 0.325 e. The van der Waals surface area contributed by atoms with Gasteiger partial charge in [-0.15, -0.1) is 0 Å². The van der Waals surface area contributed by atoms with Crippen LogP contribution in [0.5, 0.6) is 0 Å². The molecule has 0 aliphatic carbocycles. The Labute approximate surface area is 76.6 Å². The first-order chi connectivity index (χ1) is 5.57. The van der Waals surface area contributed by atoms with Gasteiger partial charge in [0, 0.05) is 5.69 Å². The molecular weight excluding hydrogens is 174 g/mol. The Balaban J connectivity index is 3.51. The third-order valence-electron chi connectivity index (χ3n) is 2.09. The second-order valence-corrected chi connectivity index (χ2v) is 3.23. The lowest BCUT2D eigenvalue weighted by Crippen LogP contribution is -2.12. The zero-order valence-corrected chi connectivity index (χ0v) is 8.25. The maximum atomic E-state index is 11.1. The summed E-state index contributed by atoms with van der Waals surface area (Å²) in [5, 5.41) is 0.317. The molecule has 3 heteroatoms. The van der Waals surface area contributed by atoms with Crippen molar-refractivity contribution >= 4 is 11.6 Å². The summed E-state index contributed by atoms with van der Waals surface area (Å²) >= 11 is 5.79. The molecule has 1 heterocycles. The number of pyridine rings is 1. The summed E-state index contributed by atoms with van der Waals surface area (Å²) in [5.41, 5.74) is 2.77. The molecule has 66 valence electrons. The highest BCUT2D eigenvalue weighted by Gasteiger charge is 2.07. The molecular formula is C9H12ClNO. The summed E-state index contributed by atoms with van der Waals surface area (Å²) in [7, 11) is 0. The van der Waals surface area contributed by atoms with E-state index < -0.39 is 0 Å². The van der Waals surface area contributed by atoms with Crippen LogP contribution in [0.3, 0.4) is 0 Å². The zero-order chi connectivity index (χ0) is 9.30. The average molecular weight is 186 g/mol. The maximum absolute atomic E-state index is 11.1. The van der Waals surface area contributed by atoms with Gasteiger partial charge in [-0.25, -0.2) is 0 Å². The number of H-pyrrole nitrogens is 1. The number of aromatic amines is 1. The van der Waals surface area contributed by atoms with Crippen LogP contribution in [0.2, 0.25) is 5.02 Å². The molecule has 0 amide bonds. The topological polar surface area (TPSA) is 32.9 Å². The van der Waals surface area contributed by atoms with Crippen LogP contribution in [0.15, 0.2) is 4.79 Å². The predicted molar refractivity (Wildman–Crippen MR) is 50.9 cm³/mol. The third kappa shape index (κ3) is 1.39. The zero-order valence-electron chi connectivity index (χ0n) is 7.49. The van der Waals surface area contributed by atoms with Crippen molar-refractivity contribution in [1.82, 2.24) is 4.98 Å². The van der Waals surface area contributed by atoms with Gasteiger partial charge in [0.25, 0.3) is 5.56 Å². The van der Waals surface area contributed by atoms with Crippen molar-refractivity contribution < 1.29 is 0 Å². The standard InChI is InChI=1S/C9H12ClNO/c1-4-7-5(2)8(10)9(12)11-6(7)3/h4H2,1-3H3,(H,11,12). The molecule has 0 spiro atoms. The van der Waals surface area contributed by atoms with Crippen molar-refractivity contribution in [1.29, 1.82) is 0 Å². The second-order valence-electron chi connectivity index (χ2n) is 2.85. The molecule has 0 aromatic carbocycles. The summed E-state index contributed by atoms with van der Waals surface area (Å²) in [6, 6.07) is 0. The molecule has 0 bridgehead atoms. The van der Waals surface area contributed by atoms with Gasteiger partial charge in [-0.05, 0) is 31.4 Å². The minimum absolute atomic E-state index is 0.191. The molecule has 2 nitrogen and oxygen atoms in total. The van der Waals surface area contributed by atoms with Crippen molar-refractivity contribution in [2.45, 2.75) is 27.2 Å². The molecule has 1 rings (SSSR count). The molecule has 1 N–H and O–H groups in total. The van der Waals surface area contributed by atoms with Crippen molar-refractivity contribution in [2.24, 2.45) is 0 Å². The van der Waals surface area contributed by atoms with Crippen molar-refractivity contribution in [3.8, 4) is 0 Å². The van der Waals surface area contributed by atoms with E-state index in [0.29, 0.717) is 5.02 Å². The minimum atomic E-state index is -0.191. The fourth-order valence-corrected chi connectivity index (χ4v) is 1.58. The highest BCUT2D eigenvalue weighted by Crippen LogP contribution is 2.16. The number of hydrogen-bond acceptors (Lipinski definition) is 1. The van der Waals surface area contributed by atoms with Crippen LogP contribution >= 0.6 is 11.6 Å². The molecule has 0 saturated heterocycles. The third-order valence-corrected chi connectivity index (χ3v) is 2.54. The van der Waals surface area contributed by atoms with Crippen LogP contribution in [0.25, 0.3) is 0 Å². The van der Waals surface area contributed by atoms with Crippen molar-refractivity contribution in [3.05, 3.63) is 32.2 Å². The SMILES string of the molecule is CCc1c(C)[nH]c(=O)c(Cl)c1C. The van der Waals surface area contributed by atoms with E-state index in [9.17, 15) is 4.79 Å². The van der Waals surface area contributed by atoms with E-state index in [1.807, 2.05) is 20.8 Å². The molecule has 0 unspecified atom stereocenters. The minimum Gasteiger partial charge on any atom is -0.325 e. The molecule has 0 aliphatic rings. The van der Waals surface area contributed by atoms with E-state index in [4.69, 9.17) is 11.6 Å². The molecule has 0 aliphatic heterocycles. The molecule has 1 aromatic rings. The van der Waals surface area contributed by atoms with Gasteiger partial charge in [0.2, 0.25) is 0 Å². The number of nitrogens with one attached hydrogen (secondary N) is 1. The van der Waals surface area contributed by atoms with Crippen LogP contribution in [0.4, 0.5) is 0 Å². The van der Waals surface area contributed by atoms with Crippen LogP contribution in [0, 0.1) is 13.8 Å². The van der Waals surface area contributed by atoms with Crippen LogP contribution in [0.1, 0.15) is 23.7 Å². The van der Waals surface area contributed by atoms with Gasteiger partial charge in [-0.3, -0.25) is 4.79 Å². The summed E-state index contributed by atoms with van der Waals surface area (Å²) in [4.78, 5) is 13.9. The molecule has 0 radical (unpaired) electrons. The van der Waals surface area contributed by atoms with Crippen molar-refractivity contribution in [3.63, 3.8) is 0 Å². The molecule has 1 aromatic heterocycles. The quantitative estimate of drug-likeness (QED) is 0.715. The lowest BCUT2D eigenvalue weighted by molar-refractivity contribution is 1.00. The van der Waals surface area contributed by atoms with E-state index in [1.54, 1.807) is 0 Å². The van der Waals surface area contributed by atoms with E-state index in [2.05, 4.69) is 4.98 Å². The Kier molecular flexibility index (Phi) is 2.58. The Hall–Kier alpha value is -0.760. The summed E-state index contributed by atoms with van der Waals surface area (Å²) in [6.07, 6.45) is 0.897. The van der Waals surface area contributed by atoms with Crippen LogP contribution in [-0.2, 0) is 6.42 Å². The molecule has 12 heavy (non-hydrogen) atoms. The first-order valence-corrected chi connectivity index (χ1v) is 4.33. The summed E-state index contributed by atoms with van der Waals surface area (Å²) < 4.78 is 0. The Morgan fingerprint density at radius 2 is 2.00 bits per heavy atom. The molecule has 0 saturated carbocycles. The fourth-order valence-electron chi connectivity index (χ4n) is 1.41. The van der Waals surface area contributed by atoms with Crippen molar-refractivity contribution in [2.75, 3.05) is 0 Å². The average Bonchev–Trinajstić information content (AvgIpc) is 2.01. The highest BCUT2D eigenvalue weighted by molar-refractivity contribution is 6.31. The van der Waals surface area contributed by atoms with Crippen LogP contribution < -0.4 is 5.56 Å². The summed E-state index contributed by atoms with van der Waals surface area (Å²) in [6.45, 7) is 5.82. The van der Waals surface area contributed by atoms with Gasteiger partial charge in [-0.2, -0.15) is 0 Å². The fraction of sp³-hybridized carbons (Fsp3) is 0.444. The van der Waals surface area contributed by atoms with Gasteiger partial charge in [0.15, 0.2) is 0 Å². The number of aryl methyl sites for hydroxylation is 1. The van der Waals surface area contributed by atoms with Gasteiger partial charge >= 0.3 is 0 Å². The van der Waals surface area contributed by atoms with Gasteiger partial charge in [-0.1, -0.05) is 18.5 Å². The van der Waals surface area contributed by atoms with Crippen LogP contribution in [-0.4, -0.2) is 4.98 Å². The lowest BCUT2D eigenvalue weighted by atomic mass is 10.1. The maximum Gasteiger partial charge on any atom is 0.267 e. The van der Waals surface area contributed by atoms with E-state index >= 15 is 0 Å². The predicted octanol–water partition coefficient (Wildman–Crippen LogP) is 2.21. The van der Waals surface area contributed by atoms with Gasteiger partial charge in [0.05, 0.1) is 0 Å². The monoisotopic (exact) mass is 185 g/mol. The first-order valence-electron chi connectivity index (χ1n) is 3.95. The lowest BCUT2D eigenvalue weighted by Gasteiger charge is -2.07. The molecule has 0 atom stereocenters.